The van der Waals surface area contributed by atoms with Gasteiger partial charge in [-0.05, 0) is 12.8 Å². The van der Waals surface area contributed by atoms with Crippen LogP contribution in [0.3, 0.4) is 0 Å². The summed E-state index contributed by atoms with van der Waals surface area (Å²) < 4.78 is 5.04. The van der Waals surface area contributed by atoms with E-state index in [1.165, 1.54) is 12.8 Å². The first-order valence-corrected chi connectivity index (χ1v) is 6.33. The molecule has 1 rings (SSSR count). The quantitative estimate of drug-likeness (QED) is 0.779. The number of nitrogens with zero attached hydrogens (tertiary/aromatic N) is 1. The topological polar surface area (TPSA) is 34.1 Å². The first-order valence-electron chi connectivity index (χ1n) is 5.45. The minimum absolute atomic E-state index is 0.609. The molecule has 0 aliphatic heterocycles. The largest absolute Gasteiger partial charge is 0.378 e. The van der Waals surface area contributed by atoms with Gasteiger partial charge in [0.25, 0.3) is 0 Å². The predicted octanol–water partition coefficient (Wildman–Crippen LogP) is 2.57. The van der Waals surface area contributed by atoms with Crippen molar-refractivity contribution in [2.45, 2.75) is 45.9 Å². The standard InChI is InChI=1S/C11H20N2OS/c1-4-9(5-2)12-6-10-8-15-11(13-10)7-14-3/h8-9,12H,4-7H2,1-3H3. The number of methoxy groups -OCH3 is 1. The third kappa shape index (κ3) is 4.28. The minimum Gasteiger partial charge on any atom is -0.378 e. The molecule has 3 nitrogen and oxygen atoms in total. The predicted molar refractivity (Wildman–Crippen MR) is 64.0 cm³/mol. The third-order valence-electron chi connectivity index (χ3n) is 2.42. The van der Waals surface area contributed by atoms with Gasteiger partial charge in [0.1, 0.15) is 5.01 Å². The number of thiazole rings is 1. The van der Waals surface area contributed by atoms with E-state index in [0.717, 1.165) is 17.2 Å². The van der Waals surface area contributed by atoms with Crippen molar-refractivity contribution in [2.24, 2.45) is 0 Å². The zero-order valence-electron chi connectivity index (χ0n) is 9.75. The first kappa shape index (κ1) is 12.6. The lowest BCUT2D eigenvalue weighted by molar-refractivity contribution is 0.184. The van der Waals surface area contributed by atoms with E-state index in [2.05, 4.69) is 29.5 Å². The highest BCUT2D eigenvalue weighted by Crippen LogP contribution is 2.10. The van der Waals surface area contributed by atoms with Gasteiger partial charge in [-0.3, -0.25) is 0 Å². The van der Waals surface area contributed by atoms with Crippen molar-refractivity contribution < 1.29 is 4.74 Å². The molecule has 86 valence electrons. The van der Waals surface area contributed by atoms with Gasteiger partial charge in [-0.25, -0.2) is 4.98 Å². The van der Waals surface area contributed by atoms with Crippen LogP contribution in [0.2, 0.25) is 0 Å². The van der Waals surface area contributed by atoms with Crippen LogP contribution in [0.1, 0.15) is 37.4 Å². The maximum absolute atomic E-state index is 5.04. The summed E-state index contributed by atoms with van der Waals surface area (Å²) in [7, 11) is 1.70. The Balaban J connectivity index is 2.36. The van der Waals surface area contributed by atoms with Crippen LogP contribution in [-0.2, 0) is 17.9 Å². The molecule has 15 heavy (non-hydrogen) atoms. The van der Waals surface area contributed by atoms with E-state index in [0.29, 0.717) is 12.6 Å². The number of rotatable bonds is 7. The van der Waals surface area contributed by atoms with Crippen LogP contribution in [-0.4, -0.2) is 18.1 Å². The Morgan fingerprint density at radius 3 is 2.80 bits per heavy atom. The Labute approximate surface area is 95.9 Å². The van der Waals surface area contributed by atoms with E-state index >= 15 is 0 Å². The number of ether oxygens (including phenoxy) is 1. The Morgan fingerprint density at radius 2 is 2.20 bits per heavy atom. The second-order valence-electron chi connectivity index (χ2n) is 3.56. The summed E-state index contributed by atoms with van der Waals surface area (Å²) in [6.45, 7) is 5.90. The number of nitrogens with one attached hydrogen (secondary N) is 1. The molecule has 0 aliphatic carbocycles. The van der Waals surface area contributed by atoms with Crippen LogP contribution in [0.15, 0.2) is 5.38 Å². The van der Waals surface area contributed by atoms with E-state index in [1.807, 2.05) is 0 Å². The van der Waals surface area contributed by atoms with Gasteiger partial charge in [-0.1, -0.05) is 13.8 Å². The minimum atomic E-state index is 0.609. The first-order chi connectivity index (χ1) is 7.30. The van der Waals surface area contributed by atoms with Crippen molar-refractivity contribution in [1.29, 1.82) is 0 Å². The highest BCUT2D eigenvalue weighted by molar-refractivity contribution is 7.09. The Kier molecular flexibility index (Phi) is 5.83. The summed E-state index contributed by atoms with van der Waals surface area (Å²) in [6, 6.07) is 0.609. The fourth-order valence-electron chi connectivity index (χ4n) is 1.45. The Bertz CT molecular complexity index is 271. The normalized spacial score (nSPS) is 11.2. The second kappa shape index (κ2) is 6.93. The monoisotopic (exact) mass is 228 g/mol. The molecular formula is C11H20N2OS. The van der Waals surface area contributed by atoms with Crippen molar-refractivity contribution in [3.8, 4) is 0 Å². The van der Waals surface area contributed by atoms with Crippen molar-refractivity contribution in [2.75, 3.05) is 7.11 Å². The van der Waals surface area contributed by atoms with Gasteiger partial charge in [0.05, 0.1) is 12.3 Å². The van der Waals surface area contributed by atoms with E-state index in [1.54, 1.807) is 18.4 Å². The van der Waals surface area contributed by atoms with Gasteiger partial charge in [-0.2, -0.15) is 0 Å². The zero-order valence-corrected chi connectivity index (χ0v) is 10.6. The summed E-state index contributed by atoms with van der Waals surface area (Å²) >= 11 is 1.66. The van der Waals surface area contributed by atoms with Gasteiger partial charge in [0.15, 0.2) is 0 Å². The molecule has 0 saturated carbocycles. The number of aromatic nitrogens is 1. The molecule has 0 saturated heterocycles. The number of hydrogen-bond donors (Lipinski definition) is 1. The summed E-state index contributed by atoms with van der Waals surface area (Å²) in [5, 5.41) is 6.65. The second-order valence-corrected chi connectivity index (χ2v) is 4.50. The highest BCUT2D eigenvalue weighted by atomic mass is 32.1. The fourth-order valence-corrected chi connectivity index (χ4v) is 2.21. The highest BCUT2D eigenvalue weighted by Gasteiger charge is 2.05. The van der Waals surface area contributed by atoms with Crippen LogP contribution < -0.4 is 5.32 Å². The molecule has 0 fully saturated rings. The Hall–Kier alpha value is -0.450. The molecule has 0 radical (unpaired) electrons. The molecule has 1 aromatic heterocycles. The van der Waals surface area contributed by atoms with E-state index in [-0.39, 0.29) is 0 Å². The molecule has 0 unspecified atom stereocenters. The van der Waals surface area contributed by atoms with Crippen molar-refractivity contribution in [1.82, 2.24) is 10.3 Å². The summed E-state index contributed by atoms with van der Waals surface area (Å²) in [6.07, 6.45) is 2.34. The molecule has 0 aromatic carbocycles. The fraction of sp³-hybridized carbons (Fsp3) is 0.727. The SMILES string of the molecule is CCC(CC)NCc1csc(COC)n1. The molecule has 0 spiro atoms. The summed E-state index contributed by atoms with van der Waals surface area (Å²) in [4.78, 5) is 4.47. The molecule has 0 bridgehead atoms. The van der Waals surface area contributed by atoms with Crippen molar-refractivity contribution >= 4 is 11.3 Å². The maximum atomic E-state index is 5.04. The van der Waals surface area contributed by atoms with Gasteiger partial charge in [-0.15, -0.1) is 11.3 Å². The van der Waals surface area contributed by atoms with Crippen LogP contribution >= 0.6 is 11.3 Å². The summed E-state index contributed by atoms with van der Waals surface area (Å²) in [5.74, 6) is 0. The smallest absolute Gasteiger partial charge is 0.119 e. The van der Waals surface area contributed by atoms with Gasteiger partial charge in [0.2, 0.25) is 0 Å². The zero-order chi connectivity index (χ0) is 11.1. The van der Waals surface area contributed by atoms with Gasteiger partial charge in [0, 0.05) is 25.1 Å². The van der Waals surface area contributed by atoms with Crippen LogP contribution in [0.25, 0.3) is 0 Å². The van der Waals surface area contributed by atoms with E-state index in [9.17, 15) is 0 Å². The van der Waals surface area contributed by atoms with Crippen LogP contribution in [0.4, 0.5) is 0 Å². The molecule has 4 heteroatoms. The lowest BCUT2D eigenvalue weighted by atomic mass is 10.2. The molecule has 0 aliphatic rings. The molecule has 1 N–H and O–H groups in total. The van der Waals surface area contributed by atoms with E-state index < -0.39 is 0 Å². The van der Waals surface area contributed by atoms with E-state index in [4.69, 9.17) is 4.74 Å². The van der Waals surface area contributed by atoms with Crippen molar-refractivity contribution in [3.05, 3.63) is 16.1 Å². The molecule has 0 amide bonds. The third-order valence-corrected chi connectivity index (χ3v) is 3.30. The van der Waals surface area contributed by atoms with Gasteiger partial charge >= 0.3 is 0 Å². The maximum Gasteiger partial charge on any atom is 0.119 e. The van der Waals surface area contributed by atoms with Gasteiger partial charge < -0.3 is 10.1 Å². The lowest BCUT2D eigenvalue weighted by Crippen LogP contribution is -2.27. The molecule has 0 atom stereocenters. The molecular weight excluding hydrogens is 208 g/mol. The molecule has 1 heterocycles. The molecule has 1 aromatic rings. The van der Waals surface area contributed by atoms with Crippen LogP contribution in [0.5, 0.6) is 0 Å². The average Bonchev–Trinajstić information content (AvgIpc) is 2.68. The van der Waals surface area contributed by atoms with Crippen molar-refractivity contribution in [3.63, 3.8) is 0 Å². The van der Waals surface area contributed by atoms with Crippen LogP contribution in [0, 0.1) is 0 Å². The average molecular weight is 228 g/mol. The number of hydrogen-bond acceptors (Lipinski definition) is 4. The summed E-state index contributed by atoms with van der Waals surface area (Å²) in [5.41, 5.74) is 1.12. The lowest BCUT2D eigenvalue weighted by Gasteiger charge is -2.12. The Morgan fingerprint density at radius 1 is 1.47 bits per heavy atom.